The second-order valence-electron chi connectivity index (χ2n) is 5.59. The Morgan fingerprint density at radius 2 is 2.00 bits per heavy atom. The van der Waals surface area contributed by atoms with Crippen molar-refractivity contribution in [3.8, 4) is 0 Å². The second-order valence-corrected chi connectivity index (χ2v) is 6.58. The summed E-state index contributed by atoms with van der Waals surface area (Å²) in [6.07, 6.45) is 1.99. The molecule has 0 aliphatic heterocycles. The van der Waals surface area contributed by atoms with Crippen molar-refractivity contribution in [2.45, 2.75) is 38.0 Å². The van der Waals surface area contributed by atoms with Crippen LogP contribution in [0.2, 0.25) is 0 Å². The lowest BCUT2D eigenvalue weighted by atomic mass is 10.1. The number of aliphatic carboxylic acids is 1. The first-order valence-corrected chi connectivity index (χ1v) is 8.35. The molecule has 0 bridgehead atoms. The first kappa shape index (κ1) is 15.9. The van der Waals surface area contributed by atoms with Gasteiger partial charge in [-0.3, -0.25) is 9.59 Å². The summed E-state index contributed by atoms with van der Waals surface area (Å²) in [5.41, 5.74) is 2.45. The highest BCUT2D eigenvalue weighted by atomic mass is 32.2. The molecule has 0 aromatic heterocycles. The van der Waals surface area contributed by atoms with Crippen LogP contribution in [0.5, 0.6) is 0 Å². The molecule has 0 spiro atoms. The Bertz CT molecular complexity index is 501. The van der Waals surface area contributed by atoms with Crippen LogP contribution in [0.4, 0.5) is 0 Å². The van der Waals surface area contributed by atoms with Crippen molar-refractivity contribution < 1.29 is 14.7 Å². The number of benzene rings is 1. The molecule has 2 rings (SSSR count). The minimum absolute atomic E-state index is 0.00292. The monoisotopic (exact) mass is 307 g/mol. The molecule has 0 radical (unpaired) electrons. The number of aryl methyl sites for hydroxylation is 1. The zero-order valence-electron chi connectivity index (χ0n) is 12.2. The van der Waals surface area contributed by atoms with E-state index < -0.39 is 5.97 Å². The average Bonchev–Trinajstić information content (AvgIpc) is 2.90. The van der Waals surface area contributed by atoms with Gasteiger partial charge in [-0.15, -0.1) is 11.8 Å². The summed E-state index contributed by atoms with van der Waals surface area (Å²) in [5.74, 6) is 0.192. The number of hydrogen-bond acceptors (Lipinski definition) is 3. The molecule has 5 heteroatoms. The van der Waals surface area contributed by atoms with Gasteiger partial charge in [-0.05, 0) is 31.7 Å². The quantitative estimate of drug-likeness (QED) is 0.848. The highest BCUT2D eigenvalue weighted by Gasteiger charge is 2.30. The first-order chi connectivity index (χ1) is 10.0. The summed E-state index contributed by atoms with van der Waals surface area (Å²) >= 11 is 1.58. The Hall–Kier alpha value is -1.49. The van der Waals surface area contributed by atoms with Crippen molar-refractivity contribution in [3.05, 3.63) is 35.4 Å². The predicted octanol–water partition coefficient (Wildman–Crippen LogP) is 2.60. The van der Waals surface area contributed by atoms with Crippen LogP contribution in [0.25, 0.3) is 0 Å². The molecule has 4 nitrogen and oxygen atoms in total. The Kier molecular flexibility index (Phi) is 5.67. The third-order valence-electron chi connectivity index (χ3n) is 3.77. The van der Waals surface area contributed by atoms with Gasteiger partial charge in [0.2, 0.25) is 5.91 Å². The van der Waals surface area contributed by atoms with E-state index in [0.29, 0.717) is 18.6 Å². The molecule has 1 aromatic rings. The van der Waals surface area contributed by atoms with E-state index >= 15 is 0 Å². The summed E-state index contributed by atoms with van der Waals surface area (Å²) < 4.78 is 0. The first-order valence-electron chi connectivity index (χ1n) is 7.20. The smallest absolute Gasteiger partial charge is 0.306 e. The highest BCUT2D eigenvalue weighted by molar-refractivity contribution is 7.99. The number of rotatable bonds is 6. The molecule has 21 heavy (non-hydrogen) atoms. The number of amides is 1. The topological polar surface area (TPSA) is 66.4 Å². The minimum Gasteiger partial charge on any atom is -0.481 e. The van der Waals surface area contributed by atoms with Crippen molar-refractivity contribution >= 4 is 23.6 Å². The number of nitrogens with one attached hydrogen (secondary N) is 1. The molecule has 0 heterocycles. The maximum absolute atomic E-state index is 11.8. The summed E-state index contributed by atoms with van der Waals surface area (Å²) in [7, 11) is 0. The normalized spacial score (nSPS) is 21.2. The third-order valence-corrected chi connectivity index (χ3v) is 4.77. The molecule has 2 N–H and O–H groups in total. The molecule has 114 valence electrons. The third kappa shape index (κ3) is 5.08. The van der Waals surface area contributed by atoms with Crippen molar-refractivity contribution in [2.75, 3.05) is 5.75 Å². The summed E-state index contributed by atoms with van der Waals surface area (Å²) in [5, 5.41) is 11.9. The zero-order valence-corrected chi connectivity index (χ0v) is 13.0. The van der Waals surface area contributed by atoms with Gasteiger partial charge in [0, 0.05) is 11.8 Å². The van der Waals surface area contributed by atoms with E-state index in [9.17, 15) is 9.59 Å². The van der Waals surface area contributed by atoms with Gasteiger partial charge in [-0.25, -0.2) is 0 Å². The van der Waals surface area contributed by atoms with E-state index in [0.717, 1.165) is 12.2 Å². The van der Waals surface area contributed by atoms with Crippen molar-refractivity contribution in [1.29, 1.82) is 0 Å². The molecule has 2 unspecified atom stereocenters. The van der Waals surface area contributed by atoms with Crippen LogP contribution in [0.15, 0.2) is 24.3 Å². The predicted molar refractivity (Wildman–Crippen MR) is 84.2 cm³/mol. The highest BCUT2D eigenvalue weighted by Crippen LogP contribution is 2.25. The molecule has 1 saturated carbocycles. The van der Waals surface area contributed by atoms with E-state index in [4.69, 9.17) is 5.11 Å². The number of thioether (sulfide) groups is 1. The van der Waals surface area contributed by atoms with E-state index in [1.807, 2.05) is 0 Å². The summed E-state index contributed by atoms with van der Waals surface area (Å²) in [4.78, 5) is 22.7. The van der Waals surface area contributed by atoms with Gasteiger partial charge in [-0.1, -0.05) is 29.8 Å². The Morgan fingerprint density at radius 3 is 2.62 bits per heavy atom. The lowest BCUT2D eigenvalue weighted by molar-refractivity contribution is -0.141. The SMILES string of the molecule is Cc1ccc(CSCC(=O)NC2CCC(C(=O)O)C2)cc1. The van der Waals surface area contributed by atoms with Crippen LogP contribution in [0, 0.1) is 12.8 Å². The molecule has 1 amide bonds. The van der Waals surface area contributed by atoms with Gasteiger partial charge in [-0.2, -0.15) is 0 Å². The molecule has 1 aliphatic rings. The summed E-state index contributed by atoms with van der Waals surface area (Å²) in [6, 6.07) is 8.32. The second kappa shape index (κ2) is 7.50. The van der Waals surface area contributed by atoms with Crippen molar-refractivity contribution in [3.63, 3.8) is 0 Å². The number of carbonyl (C=O) groups is 2. The van der Waals surface area contributed by atoms with Crippen LogP contribution in [0.1, 0.15) is 30.4 Å². The van der Waals surface area contributed by atoms with Crippen LogP contribution < -0.4 is 5.32 Å². The number of carboxylic acid groups (broad SMARTS) is 1. The van der Waals surface area contributed by atoms with Gasteiger partial charge < -0.3 is 10.4 Å². The maximum Gasteiger partial charge on any atom is 0.306 e. The van der Waals surface area contributed by atoms with E-state index in [-0.39, 0.29) is 17.9 Å². The summed E-state index contributed by atoms with van der Waals surface area (Å²) in [6.45, 7) is 2.05. The average molecular weight is 307 g/mol. The lowest BCUT2D eigenvalue weighted by Crippen LogP contribution is -2.34. The maximum atomic E-state index is 11.8. The van der Waals surface area contributed by atoms with Crippen LogP contribution in [-0.4, -0.2) is 28.8 Å². The standard InChI is InChI=1S/C16H21NO3S/c1-11-2-4-12(5-3-11)9-21-10-15(18)17-14-7-6-13(8-14)16(19)20/h2-5,13-14H,6-10H2,1H3,(H,17,18)(H,19,20). The van der Waals surface area contributed by atoms with Crippen molar-refractivity contribution in [1.82, 2.24) is 5.32 Å². The van der Waals surface area contributed by atoms with Gasteiger partial charge in [0.15, 0.2) is 0 Å². The molecule has 2 atom stereocenters. The number of carbonyl (C=O) groups excluding carboxylic acids is 1. The fraction of sp³-hybridized carbons (Fsp3) is 0.500. The van der Waals surface area contributed by atoms with Crippen LogP contribution >= 0.6 is 11.8 Å². The van der Waals surface area contributed by atoms with E-state index in [2.05, 4.69) is 36.5 Å². The number of hydrogen-bond donors (Lipinski definition) is 2. The Balaban J connectivity index is 1.66. The largest absolute Gasteiger partial charge is 0.481 e. The Morgan fingerprint density at radius 1 is 1.29 bits per heavy atom. The fourth-order valence-electron chi connectivity index (χ4n) is 2.55. The number of carboxylic acids is 1. The van der Waals surface area contributed by atoms with E-state index in [1.165, 1.54) is 11.1 Å². The van der Waals surface area contributed by atoms with Crippen LogP contribution in [-0.2, 0) is 15.3 Å². The molecule has 0 saturated heterocycles. The molecular formula is C16H21NO3S. The molecule has 1 aromatic carbocycles. The molecule has 1 fully saturated rings. The fourth-order valence-corrected chi connectivity index (χ4v) is 3.35. The molecule has 1 aliphatic carbocycles. The van der Waals surface area contributed by atoms with E-state index in [1.54, 1.807) is 11.8 Å². The van der Waals surface area contributed by atoms with Gasteiger partial charge in [0.25, 0.3) is 0 Å². The Labute approximate surface area is 129 Å². The zero-order chi connectivity index (χ0) is 15.2. The van der Waals surface area contributed by atoms with Crippen molar-refractivity contribution in [2.24, 2.45) is 5.92 Å². The van der Waals surface area contributed by atoms with Gasteiger partial charge >= 0.3 is 5.97 Å². The lowest BCUT2D eigenvalue weighted by Gasteiger charge is -2.12. The van der Waals surface area contributed by atoms with Gasteiger partial charge in [0.1, 0.15) is 0 Å². The van der Waals surface area contributed by atoms with Gasteiger partial charge in [0.05, 0.1) is 11.7 Å². The van der Waals surface area contributed by atoms with Crippen LogP contribution in [0.3, 0.4) is 0 Å². The molecular weight excluding hydrogens is 286 g/mol. The minimum atomic E-state index is -0.750.